The third-order valence-corrected chi connectivity index (χ3v) is 3.22. The Kier molecular flexibility index (Phi) is 4.10. The number of hydrogen-bond donors (Lipinski definition) is 1. The van der Waals surface area contributed by atoms with Gasteiger partial charge in [0.25, 0.3) is 0 Å². The van der Waals surface area contributed by atoms with Gasteiger partial charge in [-0.25, -0.2) is 4.39 Å². The number of nitrogens with two attached hydrogens (primary N) is 1. The lowest BCUT2D eigenvalue weighted by Crippen LogP contribution is -2.42. The van der Waals surface area contributed by atoms with Crippen LogP contribution >= 0.6 is 0 Å². The highest BCUT2D eigenvalue weighted by atomic mass is 19.1. The highest BCUT2D eigenvalue weighted by molar-refractivity contribution is 5.25. The maximum atomic E-state index is 13.3. The summed E-state index contributed by atoms with van der Waals surface area (Å²) in [5.41, 5.74) is 7.20. The summed E-state index contributed by atoms with van der Waals surface area (Å²) in [7, 11) is 0. The molecule has 1 aromatic rings. The van der Waals surface area contributed by atoms with Crippen LogP contribution in [0.4, 0.5) is 4.39 Å². The van der Waals surface area contributed by atoms with Gasteiger partial charge in [-0.3, -0.25) is 4.90 Å². The Morgan fingerprint density at radius 2 is 2.35 bits per heavy atom. The van der Waals surface area contributed by atoms with Crippen LogP contribution < -0.4 is 5.73 Å². The van der Waals surface area contributed by atoms with Gasteiger partial charge in [0.1, 0.15) is 5.82 Å². The number of rotatable bonds is 3. The van der Waals surface area contributed by atoms with Crippen LogP contribution in [0.2, 0.25) is 0 Å². The minimum atomic E-state index is -0.216. The third-order valence-electron chi connectivity index (χ3n) is 3.22. The number of hydrogen-bond acceptors (Lipinski definition) is 3. The van der Waals surface area contributed by atoms with E-state index >= 15 is 0 Å². The lowest BCUT2D eigenvalue weighted by atomic mass is 10.1. The van der Waals surface area contributed by atoms with Crippen molar-refractivity contribution in [1.82, 2.24) is 4.90 Å². The molecular formula is C13H19FN2O. The number of morpholine rings is 1. The average molecular weight is 238 g/mol. The van der Waals surface area contributed by atoms with Crippen molar-refractivity contribution in [3.63, 3.8) is 0 Å². The highest BCUT2D eigenvalue weighted by Crippen LogP contribution is 2.15. The topological polar surface area (TPSA) is 38.5 Å². The van der Waals surface area contributed by atoms with Crippen LogP contribution in [0, 0.1) is 5.82 Å². The molecule has 2 N–H and O–H groups in total. The molecule has 0 aliphatic carbocycles. The molecular weight excluding hydrogens is 219 g/mol. The number of benzene rings is 1. The van der Waals surface area contributed by atoms with Crippen molar-refractivity contribution in [2.24, 2.45) is 5.73 Å². The molecule has 4 heteroatoms. The van der Waals surface area contributed by atoms with Crippen molar-refractivity contribution in [1.29, 1.82) is 0 Å². The smallest absolute Gasteiger partial charge is 0.127 e. The van der Waals surface area contributed by atoms with E-state index in [4.69, 9.17) is 10.5 Å². The first-order valence-corrected chi connectivity index (χ1v) is 6.00. The maximum Gasteiger partial charge on any atom is 0.127 e. The van der Waals surface area contributed by atoms with E-state index in [-0.39, 0.29) is 12.4 Å². The van der Waals surface area contributed by atoms with Gasteiger partial charge in [0.15, 0.2) is 0 Å². The monoisotopic (exact) mass is 238 g/mol. The van der Waals surface area contributed by atoms with Crippen LogP contribution in [0.1, 0.15) is 18.1 Å². The molecule has 0 radical (unpaired) electrons. The van der Waals surface area contributed by atoms with Gasteiger partial charge >= 0.3 is 0 Å². The van der Waals surface area contributed by atoms with Crippen molar-refractivity contribution in [3.05, 3.63) is 35.1 Å². The normalized spacial score (nSPS) is 21.7. The molecule has 0 amide bonds. The van der Waals surface area contributed by atoms with E-state index in [0.29, 0.717) is 11.6 Å². The first-order valence-electron chi connectivity index (χ1n) is 6.00. The summed E-state index contributed by atoms with van der Waals surface area (Å²) in [5.74, 6) is -0.216. The van der Waals surface area contributed by atoms with Gasteiger partial charge in [0.05, 0.1) is 13.2 Å². The van der Waals surface area contributed by atoms with Gasteiger partial charge < -0.3 is 10.5 Å². The van der Waals surface area contributed by atoms with E-state index in [1.54, 1.807) is 0 Å². The van der Waals surface area contributed by atoms with Crippen molar-refractivity contribution in [3.8, 4) is 0 Å². The SMILES string of the molecule is CC1COCCN1Cc1ccc(F)c(CN)c1. The van der Waals surface area contributed by atoms with Gasteiger partial charge in [-0.15, -0.1) is 0 Å². The minimum Gasteiger partial charge on any atom is -0.379 e. The lowest BCUT2D eigenvalue weighted by molar-refractivity contribution is -0.00438. The van der Waals surface area contributed by atoms with Crippen LogP contribution in [0.15, 0.2) is 18.2 Å². The molecule has 1 heterocycles. The molecule has 0 bridgehead atoms. The molecule has 0 saturated carbocycles. The molecule has 17 heavy (non-hydrogen) atoms. The molecule has 3 nitrogen and oxygen atoms in total. The number of ether oxygens (including phenoxy) is 1. The molecule has 0 aromatic heterocycles. The second-order valence-electron chi connectivity index (χ2n) is 4.52. The first kappa shape index (κ1) is 12.5. The van der Waals surface area contributed by atoms with Gasteiger partial charge in [-0.05, 0) is 18.6 Å². The van der Waals surface area contributed by atoms with E-state index < -0.39 is 0 Å². The fraction of sp³-hybridized carbons (Fsp3) is 0.538. The van der Waals surface area contributed by atoms with Crippen LogP contribution in [-0.4, -0.2) is 30.7 Å². The van der Waals surface area contributed by atoms with Gasteiger partial charge in [-0.1, -0.05) is 12.1 Å². The summed E-state index contributed by atoms with van der Waals surface area (Å²) in [6.07, 6.45) is 0. The van der Waals surface area contributed by atoms with E-state index in [9.17, 15) is 4.39 Å². The Bertz CT molecular complexity index is 384. The predicted molar refractivity (Wildman–Crippen MR) is 65.0 cm³/mol. The Morgan fingerprint density at radius 3 is 3.06 bits per heavy atom. The van der Waals surface area contributed by atoms with Gasteiger partial charge in [0.2, 0.25) is 0 Å². The summed E-state index contributed by atoms with van der Waals surface area (Å²) >= 11 is 0. The largest absolute Gasteiger partial charge is 0.379 e. The summed E-state index contributed by atoms with van der Waals surface area (Å²) < 4.78 is 18.7. The Balaban J connectivity index is 2.07. The van der Waals surface area contributed by atoms with Crippen LogP contribution in [0.25, 0.3) is 0 Å². The van der Waals surface area contributed by atoms with E-state index in [1.807, 2.05) is 12.1 Å². The third kappa shape index (κ3) is 3.03. The molecule has 1 saturated heterocycles. The second-order valence-corrected chi connectivity index (χ2v) is 4.52. The summed E-state index contributed by atoms with van der Waals surface area (Å²) in [6.45, 7) is 5.69. The summed E-state index contributed by atoms with van der Waals surface area (Å²) in [4.78, 5) is 2.34. The van der Waals surface area contributed by atoms with E-state index in [1.165, 1.54) is 6.07 Å². The molecule has 1 aromatic carbocycles. The number of halogens is 1. The molecule has 1 unspecified atom stereocenters. The molecule has 94 valence electrons. The van der Waals surface area contributed by atoms with Gasteiger partial charge in [-0.2, -0.15) is 0 Å². The predicted octanol–water partition coefficient (Wildman–Crippen LogP) is 1.51. The molecule has 1 aliphatic rings. The van der Waals surface area contributed by atoms with Crippen molar-refractivity contribution >= 4 is 0 Å². The standard InChI is InChI=1S/C13H19FN2O/c1-10-9-17-5-4-16(10)8-11-2-3-13(14)12(6-11)7-15/h2-3,6,10H,4-5,7-9,15H2,1H3. The molecule has 1 atom stereocenters. The zero-order chi connectivity index (χ0) is 12.3. The quantitative estimate of drug-likeness (QED) is 0.867. The minimum absolute atomic E-state index is 0.216. The Labute approximate surface area is 101 Å². The van der Waals surface area contributed by atoms with Crippen LogP contribution in [0.3, 0.4) is 0 Å². The van der Waals surface area contributed by atoms with E-state index in [0.717, 1.165) is 31.9 Å². The summed E-state index contributed by atoms with van der Waals surface area (Å²) in [5, 5.41) is 0. The molecule has 1 fully saturated rings. The first-order chi connectivity index (χ1) is 8.20. The van der Waals surface area contributed by atoms with Crippen molar-refractivity contribution in [2.45, 2.75) is 26.1 Å². The molecule has 0 spiro atoms. The fourth-order valence-corrected chi connectivity index (χ4v) is 2.11. The lowest BCUT2D eigenvalue weighted by Gasteiger charge is -2.33. The van der Waals surface area contributed by atoms with E-state index in [2.05, 4.69) is 11.8 Å². The zero-order valence-electron chi connectivity index (χ0n) is 10.2. The van der Waals surface area contributed by atoms with Crippen LogP contribution in [-0.2, 0) is 17.8 Å². The van der Waals surface area contributed by atoms with Crippen molar-refractivity contribution < 1.29 is 9.13 Å². The fourth-order valence-electron chi connectivity index (χ4n) is 2.11. The Hall–Kier alpha value is -0.970. The van der Waals surface area contributed by atoms with Crippen LogP contribution in [0.5, 0.6) is 0 Å². The number of nitrogens with zero attached hydrogens (tertiary/aromatic N) is 1. The zero-order valence-corrected chi connectivity index (χ0v) is 10.2. The molecule has 2 rings (SSSR count). The highest BCUT2D eigenvalue weighted by Gasteiger charge is 2.18. The average Bonchev–Trinajstić information content (AvgIpc) is 2.34. The maximum absolute atomic E-state index is 13.3. The van der Waals surface area contributed by atoms with Gasteiger partial charge in [0, 0.05) is 31.2 Å². The molecule has 1 aliphatic heterocycles. The second kappa shape index (κ2) is 5.58. The Morgan fingerprint density at radius 1 is 1.53 bits per heavy atom. The summed E-state index contributed by atoms with van der Waals surface area (Å²) in [6, 6.07) is 5.60. The van der Waals surface area contributed by atoms with Crippen molar-refractivity contribution in [2.75, 3.05) is 19.8 Å².